The monoisotopic (exact) mass is 324 g/mol. The molecule has 0 aromatic carbocycles. The lowest BCUT2D eigenvalue weighted by molar-refractivity contribution is -0.140. The molecule has 2 heterocycles. The zero-order valence-corrected chi connectivity index (χ0v) is 14.0. The van der Waals surface area contributed by atoms with Crippen molar-refractivity contribution in [3.63, 3.8) is 0 Å². The zero-order chi connectivity index (χ0) is 15.9. The molecular formula is C16H24N2O3S. The second-order valence-electron chi connectivity index (χ2n) is 5.94. The fourth-order valence-corrected chi connectivity index (χ4v) is 3.22. The van der Waals surface area contributed by atoms with Crippen LogP contribution in [0.1, 0.15) is 25.1 Å². The van der Waals surface area contributed by atoms with Crippen LogP contribution in [0.3, 0.4) is 0 Å². The third-order valence-electron chi connectivity index (χ3n) is 3.58. The van der Waals surface area contributed by atoms with Crippen molar-refractivity contribution >= 4 is 23.2 Å². The van der Waals surface area contributed by atoms with Crippen molar-refractivity contribution in [2.75, 3.05) is 26.3 Å². The summed E-state index contributed by atoms with van der Waals surface area (Å²) in [6, 6.07) is 3.43. The van der Waals surface area contributed by atoms with Crippen LogP contribution in [0.5, 0.6) is 0 Å². The van der Waals surface area contributed by atoms with Crippen molar-refractivity contribution in [2.24, 2.45) is 5.92 Å². The fourth-order valence-electron chi connectivity index (χ4n) is 2.51. The summed E-state index contributed by atoms with van der Waals surface area (Å²) in [5.74, 6) is 0.267. The van der Waals surface area contributed by atoms with E-state index in [1.807, 2.05) is 17.5 Å². The van der Waals surface area contributed by atoms with Gasteiger partial charge in [-0.3, -0.25) is 9.59 Å². The van der Waals surface area contributed by atoms with Crippen molar-refractivity contribution < 1.29 is 14.3 Å². The van der Waals surface area contributed by atoms with Crippen LogP contribution in [0.15, 0.2) is 17.5 Å². The Bertz CT molecular complexity index is 482. The number of nitrogens with one attached hydrogen (secondary N) is 1. The van der Waals surface area contributed by atoms with E-state index < -0.39 is 6.04 Å². The van der Waals surface area contributed by atoms with E-state index in [0.29, 0.717) is 45.1 Å². The maximum atomic E-state index is 12.6. The van der Waals surface area contributed by atoms with Gasteiger partial charge in [-0.25, -0.2) is 0 Å². The molecule has 0 saturated carbocycles. The highest BCUT2D eigenvalue weighted by Crippen LogP contribution is 2.12. The highest BCUT2D eigenvalue weighted by atomic mass is 32.1. The summed E-state index contributed by atoms with van der Waals surface area (Å²) in [6.45, 7) is 6.48. The zero-order valence-electron chi connectivity index (χ0n) is 13.2. The van der Waals surface area contributed by atoms with E-state index in [4.69, 9.17) is 4.74 Å². The summed E-state index contributed by atoms with van der Waals surface area (Å²) in [7, 11) is 0. The third kappa shape index (κ3) is 5.10. The molecule has 6 heteroatoms. The second-order valence-corrected chi connectivity index (χ2v) is 6.98. The van der Waals surface area contributed by atoms with Crippen LogP contribution in [-0.2, 0) is 20.7 Å². The summed E-state index contributed by atoms with van der Waals surface area (Å²) >= 11 is 1.56. The normalized spacial score (nSPS) is 16.6. The number of carbonyl (C=O) groups excluding carboxylic acids is 2. The van der Waals surface area contributed by atoms with E-state index in [9.17, 15) is 9.59 Å². The Balaban J connectivity index is 1.95. The average molecular weight is 324 g/mol. The van der Waals surface area contributed by atoms with Crippen molar-refractivity contribution in [1.29, 1.82) is 0 Å². The average Bonchev–Trinajstić information content (AvgIpc) is 2.99. The molecule has 2 rings (SSSR count). The Morgan fingerprint density at radius 3 is 2.68 bits per heavy atom. The lowest BCUT2D eigenvalue weighted by Crippen LogP contribution is -2.52. The summed E-state index contributed by atoms with van der Waals surface area (Å²) in [5.41, 5.74) is 0. The van der Waals surface area contributed by atoms with E-state index in [1.165, 1.54) is 0 Å². The van der Waals surface area contributed by atoms with Crippen LogP contribution in [0, 0.1) is 5.92 Å². The van der Waals surface area contributed by atoms with Crippen LogP contribution < -0.4 is 5.32 Å². The van der Waals surface area contributed by atoms with Crippen LogP contribution in [0.2, 0.25) is 0 Å². The highest BCUT2D eigenvalue weighted by molar-refractivity contribution is 7.10. The molecule has 2 amide bonds. The van der Waals surface area contributed by atoms with Crippen molar-refractivity contribution in [2.45, 2.75) is 32.7 Å². The Labute approximate surface area is 135 Å². The predicted molar refractivity (Wildman–Crippen MR) is 86.8 cm³/mol. The Morgan fingerprint density at radius 2 is 2.09 bits per heavy atom. The molecule has 0 spiro atoms. The number of carbonyl (C=O) groups is 2. The third-order valence-corrected chi connectivity index (χ3v) is 4.45. The minimum atomic E-state index is -0.439. The van der Waals surface area contributed by atoms with Crippen molar-refractivity contribution in [1.82, 2.24) is 10.2 Å². The van der Waals surface area contributed by atoms with Crippen LogP contribution >= 0.6 is 11.3 Å². The maximum absolute atomic E-state index is 12.6. The van der Waals surface area contributed by atoms with E-state index in [2.05, 4.69) is 19.2 Å². The number of amides is 2. The van der Waals surface area contributed by atoms with Gasteiger partial charge in [-0.2, -0.15) is 0 Å². The summed E-state index contributed by atoms with van der Waals surface area (Å²) in [4.78, 5) is 27.6. The van der Waals surface area contributed by atoms with Crippen molar-refractivity contribution in [3.8, 4) is 0 Å². The van der Waals surface area contributed by atoms with Crippen LogP contribution in [0.25, 0.3) is 0 Å². The van der Waals surface area contributed by atoms with Gasteiger partial charge in [0.15, 0.2) is 0 Å². The molecule has 1 fully saturated rings. The first-order chi connectivity index (χ1) is 10.6. The molecule has 0 unspecified atom stereocenters. The lowest BCUT2D eigenvalue weighted by Gasteiger charge is -2.31. The molecule has 0 aliphatic carbocycles. The molecular weight excluding hydrogens is 300 g/mol. The van der Waals surface area contributed by atoms with Gasteiger partial charge in [-0.15, -0.1) is 11.3 Å². The first kappa shape index (κ1) is 17.0. The molecule has 1 aliphatic heterocycles. The number of hydrogen-bond donors (Lipinski definition) is 1. The maximum Gasteiger partial charge on any atom is 0.245 e. The van der Waals surface area contributed by atoms with Gasteiger partial charge in [0.05, 0.1) is 19.6 Å². The SMILES string of the molecule is CC(C)C[C@@H](NC(=O)Cc1cccs1)C(=O)N1CCOCC1. The predicted octanol–water partition coefficient (Wildman–Crippen LogP) is 1.68. The topological polar surface area (TPSA) is 58.6 Å². The number of thiophene rings is 1. The molecule has 0 bridgehead atoms. The minimum absolute atomic E-state index is 0.0107. The molecule has 0 radical (unpaired) electrons. The molecule has 1 saturated heterocycles. The van der Waals surface area contributed by atoms with Gasteiger partial charge in [0, 0.05) is 18.0 Å². The van der Waals surface area contributed by atoms with Gasteiger partial charge in [0.1, 0.15) is 6.04 Å². The largest absolute Gasteiger partial charge is 0.378 e. The summed E-state index contributed by atoms with van der Waals surface area (Å²) in [6.07, 6.45) is 0.995. The number of morpholine rings is 1. The Hall–Kier alpha value is -1.40. The van der Waals surface area contributed by atoms with Crippen LogP contribution in [0.4, 0.5) is 0 Å². The Morgan fingerprint density at radius 1 is 1.36 bits per heavy atom. The van der Waals surface area contributed by atoms with Gasteiger partial charge in [-0.1, -0.05) is 19.9 Å². The lowest BCUT2D eigenvalue weighted by atomic mass is 10.0. The first-order valence-corrected chi connectivity index (χ1v) is 8.62. The number of ether oxygens (including phenoxy) is 1. The van der Waals surface area contributed by atoms with Gasteiger partial charge in [-0.05, 0) is 23.8 Å². The van der Waals surface area contributed by atoms with Crippen LogP contribution in [-0.4, -0.2) is 49.1 Å². The van der Waals surface area contributed by atoms with Gasteiger partial charge in [0.25, 0.3) is 0 Å². The molecule has 1 aromatic heterocycles. The highest BCUT2D eigenvalue weighted by Gasteiger charge is 2.27. The minimum Gasteiger partial charge on any atom is -0.378 e. The first-order valence-electron chi connectivity index (χ1n) is 7.74. The molecule has 1 atom stereocenters. The van der Waals surface area contributed by atoms with E-state index in [1.54, 1.807) is 16.2 Å². The number of nitrogens with zero attached hydrogens (tertiary/aromatic N) is 1. The van der Waals surface area contributed by atoms with Crippen molar-refractivity contribution in [3.05, 3.63) is 22.4 Å². The fraction of sp³-hybridized carbons (Fsp3) is 0.625. The van der Waals surface area contributed by atoms with Gasteiger partial charge >= 0.3 is 0 Å². The number of hydrogen-bond acceptors (Lipinski definition) is 4. The Kier molecular flexibility index (Phi) is 6.39. The quantitative estimate of drug-likeness (QED) is 0.866. The van der Waals surface area contributed by atoms with E-state index in [-0.39, 0.29) is 11.8 Å². The number of rotatable bonds is 6. The molecule has 22 heavy (non-hydrogen) atoms. The van der Waals surface area contributed by atoms with Gasteiger partial charge in [0.2, 0.25) is 11.8 Å². The summed E-state index contributed by atoms with van der Waals surface area (Å²) in [5, 5.41) is 4.87. The molecule has 122 valence electrons. The molecule has 1 aromatic rings. The molecule has 1 aliphatic rings. The van der Waals surface area contributed by atoms with Gasteiger partial charge < -0.3 is 15.0 Å². The molecule has 5 nitrogen and oxygen atoms in total. The van der Waals surface area contributed by atoms with E-state index in [0.717, 1.165) is 4.88 Å². The second kappa shape index (κ2) is 8.29. The smallest absolute Gasteiger partial charge is 0.245 e. The summed E-state index contributed by atoms with van der Waals surface area (Å²) < 4.78 is 5.28. The van der Waals surface area contributed by atoms with E-state index >= 15 is 0 Å². The standard InChI is InChI=1S/C16H24N2O3S/c1-12(2)10-14(16(20)18-5-7-21-8-6-18)17-15(19)11-13-4-3-9-22-13/h3-4,9,12,14H,5-8,10-11H2,1-2H3,(H,17,19)/t14-/m1/s1. The molecule has 1 N–H and O–H groups in total.